The second-order valence-corrected chi connectivity index (χ2v) is 7.38. The fourth-order valence-corrected chi connectivity index (χ4v) is 3.81. The summed E-state index contributed by atoms with van der Waals surface area (Å²) in [5.74, 6) is -0.111. The molecule has 138 valence electrons. The third kappa shape index (κ3) is 4.93. The van der Waals surface area contributed by atoms with Crippen molar-refractivity contribution in [1.29, 1.82) is 0 Å². The summed E-state index contributed by atoms with van der Waals surface area (Å²) in [7, 11) is 0. The Hall–Kier alpha value is -2.18. The van der Waals surface area contributed by atoms with Crippen LogP contribution in [0.3, 0.4) is 0 Å². The molecule has 3 rings (SSSR count). The molecule has 1 amide bonds. The van der Waals surface area contributed by atoms with Crippen LogP contribution < -0.4 is 5.32 Å². The zero-order valence-electron chi connectivity index (χ0n) is 14.9. The molecule has 0 unspecified atom stereocenters. The van der Waals surface area contributed by atoms with E-state index in [9.17, 15) is 9.59 Å². The van der Waals surface area contributed by atoms with Crippen LogP contribution in [-0.4, -0.2) is 36.5 Å². The van der Waals surface area contributed by atoms with Crippen molar-refractivity contribution in [3.05, 3.63) is 52.2 Å². The summed E-state index contributed by atoms with van der Waals surface area (Å²) < 4.78 is 5.12. The number of benzene rings is 1. The van der Waals surface area contributed by atoms with Crippen LogP contribution in [0.25, 0.3) is 0 Å². The van der Waals surface area contributed by atoms with Gasteiger partial charge in [0.05, 0.1) is 17.4 Å². The molecule has 0 aliphatic carbocycles. The summed E-state index contributed by atoms with van der Waals surface area (Å²) >= 11 is 1.43. The molecule has 1 saturated heterocycles. The molecular formula is C20H24N2O3S. The van der Waals surface area contributed by atoms with Crippen LogP contribution in [0.2, 0.25) is 0 Å². The summed E-state index contributed by atoms with van der Waals surface area (Å²) in [6.07, 6.45) is 1.68. The van der Waals surface area contributed by atoms with Crippen molar-refractivity contribution in [3.8, 4) is 0 Å². The molecular weight excluding hydrogens is 348 g/mol. The number of piperidine rings is 1. The number of hydrogen-bond donors (Lipinski definition) is 1. The van der Waals surface area contributed by atoms with E-state index in [0.717, 1.165) is 43.7 Å². The lowest BCUT2D eigenvalue weighted by Gasteiger charge is -2.30. The number of ether oxygens (including phenoxy) is 1. The maximum absolute atomic E-state index is 12.2. The Morgan fingerprint density at radius 1 is 1.23 bits per heavy atom. The lowest BCUT2D eigenvalue weighted by Crippen LogP contribution is -2.36. The van der Waals surface area contributed by atoms with Crippen molar-refractivity contribution >= 4 is 28.9 Å². The van der Waals surface area contributed by atoms with E-state index < -0.39 is 0 Å². The highest BCUT2D eigenvalue weighted by atomic mass is 32.1. The predicted molar refractivity (Wildman–Crippen MR) is 103 cm³/mol. The average molecular weight is 372 g/mol. The van der Waals surface area contributed by atoms with Gasteiger partial charge in [-0.3, -0.25) is 14.5 Å². The highest BCUT2D eigenvalue weighted by Crippen LogP contribution is 2.21. The maximum Gasteiger partial charge on any atom is 0.309 e. The number of nitrogens with one attached hydrogen (secondary N) is 1. The molecule has 1 aromatic carbocycles. The van der Waals surface area contributed by atoms with E-state index in [1.54, 1.807) is 0 Å². The van der Waals surface area contributed by atoms with Gasteiger partial charge in [0.15, 0.2) is 0 Å². The molecule has 1 N–H and O–H groups in total. The molecule has 26 heavy (non-hydrogen) atoms. The average Bonchev–Trinajstić information content (AvgIpc) is 3.18. The van der Waals surface area contributed by atoms with Crippen molar-refractivity contribution in [2.24, 2.45) is 5.92 Å². The molecule has 0 saturated carbocycles. The molecule has 6 heteroatoms. The molecule has 1 aliphatic heterocycles. The first-order valence-corrected chi connectivity index (χ1v) is 9.86. The maximum atomic E-state index is 12.2. The van der Waals surface area contributed by atoms with Gasteiger partial charge in [0.2, 0.25) is 0 Å². The number of carbonyl (C=O) groups is 2. The van der Waals surface area contributed by atoms with Crippen LogP contribution in [-0.2, 0) is 16.1 Å². The first-order valence-electron chi connectivity index (χ1n) is 8.98. The minimum absolute atomic E-state index is 0.0302. The molecule has 0 atom stereocenters. The summed E-state index contributed by atoms with van der Waals surface area (Å²) in [4.78, 5) is 27.1. The van der Waals surface area contributed by atoms with Crippen molar-refractivity contribution in [1.82, 2.24) is 4.90 Å². The van der Waals surface area contributed by atoms with Gasteiger partial charge in [-0.15, -0.1) is 11.3 Å². The topological polar surface area (TPSA) is 58.6 Å². The first kappa shape index (κ1) is 18.6. The molecule has 1 aliphatic rings. The quantitative estimate of drug-likeness (QED) is 0.784. The van der Waals surface area contributed by atoms with Crippen LogP contribution >= 0.6 is 11.3 Å². The third-order valence-electron chi connectivity index (χ3n) is 4.54. The number of likely N-dealkylation sites (tertiary alicyclic amines) is 1. The second kappa shape index (κ2) is 8.96. The Morgan fingerprint density at radius 3 is 2.73 bits per heavy atom. The zero-order valence-corrected chi connectivity index (χ0v) is 15.8. The minimum atomic E-state index is -0.0765. The van der Waals surface area contributed by atoms with Crippen molar-refractivity contribution in [2.75, 3.05) is 25.0 Å². The van der Waals surface area contributed by atoms with Crippen LogP contribution in [0.4, 0.5) is 5.69 Å². The molecule has 5 nitrogen and oxygen atoms in total. The Labute approximate surface area is 158 Å². The van der Waals surface area contributed by atoms with Crippen LogP contribution in [0, 0.1) is 5.92 Å². The Bertz CT molecular complexity index is 737. The van der Waals surface area contributed by atoms with Crippen molar-refractivity contribution in [2.45, 2.75) is 26.3 Å². The van der Waals surface area contributed by atoms with E-state index in [-0.39, 0.29) is 17.8 Å². The number of hydrogen-bond acceptors (Lipinski definition) is 5. The summed E-state index contributed by atoms with van der Waals surface area (Å²) in [6, 6.07) is 11.6. The zero-order chi connectivity index (χ0) is 18.4. The molecule has 1 aromatic heterocycles. The Balaban J connectivity index is 1.53. The van der Waals surface area contributed by atoms with Gasteiger partial charge in [-0.25, -0.2) is 0 Å². The van der Waals surface area contributed by atoms with Crippen LogP contribution in [0.15, 0.2) is 41.8 Å². The van der Waals surface area contributed by atoms with Gasteiger partial charge in [0.1, 0.15) is 0 Å². The third-order valence-corrected chi connectivity index (χ3v) is 5.41. The van der Waals surface area contributed by atoms with E-state index in [0.29, 0.717) is 11.5 Å². The van der Waals surface area contributed by atoms with Gasteiger partial charge in [-0.05, 0) is 62.0 Å². The highest BCUT2D eigenvalue weighted by molar-refractivity contribution is 7.12. The van der Waals surface area contributed by atoms with E-state index in [4.69, 9.17) is 4.74 Å². The fraction of sp³-hybridized carbons (Fsp3) is 0.400. The minimum Gasteiger partial charge on any atom is -0.466 e. The largest absolute Gasteiger partial charge is 0.466 e. The van der Waals surface area contributed by atoms with Gasteiger partial charge in [0.25, 0.3) is 5.91 Å². The molecule has 0 spiro atoms. The smallest absolute Gasteiger partial charge is 0.309 e. The standard InChI is InChI=1S/C20H24N2O3S/c1-2-25-20(24)16-8-10-22(11-9-16)14-15-5-3-6-17(13-15)21-19(23)18-7-4-12-26-18/h3-7,12-13,16H,2,8-11,14H2,1H3,(H,21,23). The Morgan fingerprint density at radius 2 is 2.04 bits per heavy atom. The molecule has 0 radical (unpaired) electrons. The van der Waals surface area contributed by atoms with E-state index in [2.05, 4.69) is 16.3 Å². The number of nitrogens with zero attached hydrogens (tertiary/aromatic N) is 1. The van der Waals surface area contributed by atoms with Gasteiger partial charge in [-0.2, -0.15) is 0 Å². The lowest BCUT2D eigenvalue weighted by atomic mass is 9.96. The van der Waals surface area contributed by atoms with Crippen LogP contribution in [0.1, 0.15) is 35.0 Å². The van der Waals surface area contributed by atoms with Crippen molar-refractivity contribution in [3.63, 3.8) is 0 Å². The van der Waals surface area contributed by atoms with Gasteiger partial charge >= 0.3 is 5.97 Å². The van der Waals surface area contributed by atoms with Crippen LogP contribution in [0.5, 0.6) is 0 Å². The molecule has 2 heterocycles. The monoisotopic (exact) mass is 372 g/mol. The molecule has 1 fully saturated rings. The summed E-state index contributed by atoms with van der Waals surface area (Å²) in [5, 5.41) is 4.84. The number of carbonyl (C=O) groups excluding carboxylic acids is 2. The first-order chi connectivity index (χ1) is 12.7. The highest BCUT2D eigenvalue weighted by Gasteiger charge is 2.25. The Kier molecular flexibility index (Phi) is 6.41. The summed E-state index contributed by atoms with van der Waals surface area (Å²) in [6.45, 7) is 4.88. The molecule has 2 aromatic rings. The van der Waals surface area contributed by atoms with Gasteiger partial charge < -0.3 is 10.1 Å². The predicted octanol–water partition coefficient (Wildman–Crippen LogP) is 3.78. The number of thiophene rings is 1. The second-order valence-electron chi connectivity index (χ2n) is 6.43. The molecule has 0 bridgehead atoms. The number of esters is 1. The summed E-state index contributed by atoms with van der Waals surface area (Å²) in [5.41, 5.74) is 1.96. The van der Waals surface area contributed by atoms with Crippen molar-refractivity contribution < 1.29 is 14.3 Å². The number of anilines is 1. The fourth-order valence-electron chi connectivity index (χ4n) is 3.19. The van der Waals surface area contributed by atoms with Gasteiger partial charge in [0, 0.05) is 12.2 Å². The normalized spacial score (nSPS) is 15.6. The van der Waals surface area contributed by atoms with E-state index >= 15 is 0 Å². The SMILES string of the molecule is CCOC(=O)C1CCN(Cc2cccc(NC(=O)c3cccs3)c2)CC1. The lowest BCUT2D eigenvalue weighted by molar-refractivity contribution is -0.149. The van der Waals surface area contributed by atoms with Gasteiger partial charge in [-0.1, -0.05) is 18.2 Å². The number of amides is 1. The van der Waals surface area contributed by atoms with E-state index in [1.807, 2.05) is 42.6 Å². The van der Waals surface area contributed by atoms with E-state index in [1.165, 1.54) is 11.3 Å². The number of rotatable bonds is 6.